The van der Waals surface area contributed by atoms with E-state index in [1.807, 2.05) is 37.3 Å². The van der Waals surface area contributed by atoms with Gasteiger partial charge in [-0.05, 0) is 26.3 Å². The summed E-state index contributed by atoms with van der Waals surface area (Å²) >= 11 is 0. The summed E-state index contributed by atoms with van der Waals surface area (Å²) in [5.41, 5.74) is 1.12. The Morgan fingerprint density at radius 3 is 2.75 bits per heavy atom. The molecule has 0 spiro atoms. The van der Waals surface area contributed by atoms with E-state index >= 15 is 0 Å². The van der Waals surface area contributed by atoms with Crippen molar-refractivity contribution in [2.45, 2.75) is 19.8 Å². The fourth-order valence-corrected chi connectivity index (χ4v) is 1.50. The number of rotatable bonds is 5. The molecule has 84 valence electrons. The molecule has 2 nitrogen and oxygen atoms in total. The summed E-state index contributed by atoms with van der Waals surface area (Å²) in [5.74, 6) is 1.41. The largest absolute Gasteiger partial charge is 0.439 e. The average Bonchev–Trinajstić information content (AvgIpc) is 2.30. The summed E-state index contributed by atoms with van der Waals surface area (Å²) in [6.45, 7) is 11.1. The van der Waals surface area contributed by atoms with Gasteiger partial charge in [0.25, 0.3) is 0 Å². The molecule has 0 bridgehead atoms. The van der Waals surface area contributed by atoms with Gasteiger partial charge in [0.15, 0.2) is 0 Å². The monoisotopic (exact) mass is 215 g/mol. The molecule has 1 unspecified atom stereocenters. The highest BCUT2D eigenvalue weighted by Gasteiger charge is 2.08. The topological polar surface area (TPSA) is 21.6 Å². The summed E-state index contributed by atoms with van der Waals surface area (Å²) in [4.78, 5) is 3.65. The number of hydrogen-bond acceptors (Lipinski definition) is 2. The van der Waals surface area contributed by atoms with E-state index in [0.717, 1.165) is 11.3 Å². The maximum atomic E-state index is 5.50. The van der Waals surface area contributed by atoms with E-state index in [4.69, 9.17) is 4.74 Å². The normalized spacial score (nSPS) is 12.4. The minimum atomic E-state index is 0.304. The summed E-state index contributed by atoms with van der Waals surface area (Å²) in [7, 11) is 0. The van der Waals surface area contributed by atoms with Gasteiger partial charge in [0.05, 0.1) is 0 Å². The van der Waals surface area contributed by atoms with Crippen LogP contribution in [0.2, 0.25) is 0 Å². The lowest BCUT2D eigenvalue weighted by molar-refractivity contribution is 0.418. The predicted octanol–water partition coefficient (Wildman–Crippen LogP) is 3.92. The van der Waals surface area contributed by atoms with Crippen molar-refractivity contribution in [1.29, 1.82) is 0 Å². The van der Waals surface area contributed by atoms with E-state index < -0.39 is 0 Å². The van der Waals surface area contributed by atoms with Crippen LogP contribution in [0, 0.1) is 0 Å². The van der Waals surface area contributed by atoms with Crippen LogP contribution in [0.5, 0.6) is 5.75 Å². The van der Waals surface area contributed by atoms with Gasteiger partial charge in [-0.3, -0.25) is 0 Å². The molecule has 0 amide bonds. The van der Waals surface area contributed by atoms with Crippen LogP contribution in [0.4, 0.5) is 0 Å². The lowest BCUT2D eigenvalue weighted by Gasteiger charge is -2.13. The average molecular weight is 215 g/mol. The Morgan fingerprint density at radius 1 is 1.44 bits per heavy atom. The molecule has 1 rings (SSSR count). The van der Waals surface area contributed by atoms with E-state index in [1.165, 1.54) is 0 Å². The molecule has 0 N–H and O–H groups in total. The molecule has 16 heavy (non-hydrogen) atoms. The molecule has 1 aromatic carbocycles. The van der Waals surface area contributed by atoms with Crippen molar-refractivity contribution in [3.8, 4) is 5.75 Å². The first-order valence-corrected chi connectivity index (χ1v) is 5.24. The Balaban J connectivity index is 2.99. The molecule has 1 aromatic rings. The smallest absolute Gasteiger partial charge is 0.211 e. The highest BCUT2D eigenvalue weighted by Crippen LogP contribution is 2.28. The summed E-state index contributed by atoms with van der Waals surface area (Å²) in [6.07, 6.45) is 4.15. The van der Waals surface area contributed by atoms with Gasteiger partial charge < -0.3 is 4.74 Å². The molecular formula is C14H17NO. The first-order chi connectivity index (χ1) is 7.69. The zero-order valence-corrected chi connectivity index (χ0v) is 9.81. The lowest BCUT2D eigenvalue weighted by atomic mass is 10.00. The maximum absolute atomic E-state index is 5.50. The van der Waals surface area contributed by atoms with Crippen molar-refractivity contribution in [2.75, 3.05) is 0 Å². The minimum absolute atomic E-state index is 0.304. The fourth-order valence-electron chi connectivity index (χ4n) is 1.50. The van der Waals surface area contributed by atoms with E-state index in [2.05, 4.69) is 31.3 Å². The molecule has 0 saturated heterocycles. The van der Waals surface area contributed by atoms with Crippen LogP contribution in [0.1, 0.15) is 25.3 Å². The van der Waals surface area contributed by atoms with Crippen LogP contribution in [0.15, 0.2) is 53.9 Å². The number of ether oxygens (including phenoxy) is 1. The van der Waals surface area contributed by atoms with Gasteiger partial charge in [0.2, 0.25) is 5.88 Å². The van der Waals surface area contributed by atoms with Crippen molar-refractivity contribution < 1.29 is 4.74 Å². The zero-order valence-electron chi connectivity index (χ0n) is 9.81. The van der Waals surface area contributed by atoms with Crippen LogP contribution < -0.4 is 4.74 Å². The number of aliphatic imine (C=N–C) groups is 1. The number of hydrogen-bond donors (Lipinski definition) is 0. The Labute approximate surface area is 97.0 Å². The van der Waals surface area contributed by atoms with Crippen LogP contribution in [-0.2, 0) is 0 Å². The molecule has 0 heterocycles. The third kappa shape index (κ3) is 3.09. The van der Waals surface area contributed by atoms with Gasteiger partial charge in [0, 0.05) is 11.5 Å². The Kier molecular flexibility index (Phi) is 4.52. The Hall–Kier alpha value is -1.83. The molecule has 0 aliphatic carbocycles. The highest BCUT2D eigenvalue weighted by molar-refractivity contribution is 5.39. The summed E-state index contributed by atoms with van der Waals surface area (Å²) in [6, 6.07) is 7.87. The maximum Gasteiger partial charge on any atom is 0.211 e. The van der Waals surface area contributed by atoms with Crippen LogP contribution in [-0.4, -0.2) is 6.72 Å². The van der Waals surface area contributed by atoms with E-state index in [9.17, 15) is 0 Å². The molecule has 0 aliphatic heterocycles. The van der Waals surface area contributed by atoms with Crippen LogP contribution >= 0.6 is 0 Å². The second kappa shape index (κ2) is 5.91. The molecule has 0 fully saturated rings. The molecular weight excluding hydrogens is 198 g/mol. The Bertz CT molecular complexity index is 407. The predicted molar refractivity (Wildman–Crippen MR) is 69.0 cm³/mol. The fraction of sp³-hybridized carbons (Fsp3) is 0.214. The van der Waals surface area contributed by atoms with Gasteiger partial charge in [-0.2, -0.15) is 0 Å². The lowest BCUT2D eigenvalue weighted by Crippen LogP contribution is -1.97. The number of nitrogens with zero attached hydrogens (tertiary/aromatic N) is 1. The third-order valence-corrected chi connectivity index (χ3v) is 2.29. The second-order valence-electron chi connectivity index (χ2n) is 3.51. The van der Waals surface area contributed by atoms with Gasteiger partial charge >= 0.3 is 0 Å². The first-order valence-electron chi connectivity index (χ1n) is 5.24. The molecule has 0 aromatic heterocycles. The van der Waals surface area contributed by atoms with Gasteiger partial charge in [-0.1, -0.05) is 37.3 Å². The highest BCUT2D eigenvalue weighted by atomic mass is 16.5. The van der Waals surface area contributed by atoms with E-state index in [1.54, 1.807) is 0 Å². The van der Waals surface area contributed by atoms with Crippen molar-refractivity contribution in [3.05, 3.63) is 54.4 Å². The standard InChI is InChI=1S/C14H17NO/c1-5-8-11(2)13-9-6-7-10-14(13)16-12(3)15-4/h5-11H,3-4H2,1-2H3/b8-5-. The third-order valence-electron chi connectivity index (χ3n) is 2.29. The van der Waals surface area contributed by atoms with Crippen molar-refractivity contribution in [3.63, 3.8) is 0 Å². The van der Waals surface area contributed by atoms with Crippen LogP contribution in [0.3, 0.4) is 0 Å². The van der Waals surface area contributed by atoms with Crippen molar-refractivity contribution >= 4 is 6.72 Å². The van der Waals surface area contributed by atoms with E-state index in [-0.39, 0.29) is 0 Å². The van der Waals surface area contributed by atoms with Gasteiger partial charge in [-0.25, -0.2) is 4.99 Å². The summed E-state index contributed by atoms with van der Waals surface area (Å²) in [5, 5.41) is 0. The number of para-hydroxylation sites is 1. The molecule has 1 atom stereocenters. The minimum Gasteiger partial charge on any atom is -0.439 e. The molecule has 0 radical (unpaired) electrons. The van der Waals surface area contributed by atoms with E-state index in [0.29, 0.717) is 11.8 Å². The second-order valence-corrected chi connectivity index (χ2v) is 3.51. The molecule has 2 heteroatoms. The van der Waals surface area contributed by atoms with Crippen molar-refractivity contribution in [1.82, 2.24) is 0 Å². The molecule has 0 aliphatic rings. The zero-order chi connectivity index (χ0) is 12.0. The quantitative estimate of drug-likeness (QED) is 0.414. The Morgan fingerprint density at radius 2 is 2.12 bits per heavy atom. The van der Waals surface area contributed by atoms with Gasteiger partial charge in [0.1, 0.15) is 5.75 Å². The van der Waals surface area contributed by atoms with Crippen molar-refractivity contribution in [2.24, 2.45) is 4.99 Å². The SMILES string of the molecule is C=NC(=C)Oc1ccccc1C(C)/C=C\C. The number of allylic oxidation sites excluding steroid dienone is 2. The molecule has 0 saturated carbocycles. The van der Waals surface area contributed by atoms with Gasteiger partial charge in [-0.15, -0.1) is 0 Å². The number of benzene rings is 1. The first kappa shape index (κ1) is 12.2. The van der Waals surface area contributed by atoms with Crippen LogP contribution in [0.25, 0.3) is 0 Å². The summed E-state index contributed by atoms with van der Waals surface area (Å²) < 4.78 is 5.50.